The summed E-state index contributed by atoms with van der Waals surface area (Å²) < 4.78 is 16.9. The number of amides is 3. The molecule has 2 aromatic rings. The molecule has 10 nitrogen and oxygen atoms in total. The minimum atomic E-state index is -0.465. The SMILES string of the molecule is CO[C@@H]1CN(C)C(=O)c2ccc(NC(=O)c3ccno3)cc2OC[C@@H](C)N(C(=O)C2CCCC2)C[C@H]1C. The summed E-state index contributed by atoms with van der Waals surface area (Å²) in [7, 11) is 3.36. The third-order valence-electron chi connectivity index (χ3n) is 7.35. The molecule has 1 N–H and O–H groups in total. The van der Waals surface area contributed by atoms with Crippen LogP contribution in [0.15, 0.2) is 35.0 Å². The number of hydrogen-bond donors (Lipinski definition) is 1. The number of methoxy groups -OCH3 is 1. The summed E-state index contributed by atoms with van der Waals surface area (Å²) in [5, 5.41) is 6.30. The van der Waals surface area contributed by atoms with Gasteiger partial charge < -0.3 is 29.1 Å². The highest BCUT2D eigenvalue weighted by Gasteiger charge is 2.34. The van der Waals surface area contributed by atoms with Crippen molar-refractivity contribution in [3.8, 4) is 5.75 Å². The molecule has 10 heteroatoms. The lowest BCUT2D eigenvalue weighted by Gasteiger charge is -2.37. The van der Waals surface area contributed by atoms with E-state index < -0.39 is 5.91 Å². The minimum Gasteiger partial charge on any atom is -0.491 e. The molecule has 200 valence electrons. The van der Waals surface area contributed by atoms with E-state index in [9.17, 15) is 14.4 Å². The molecule has 4 rings (SSSR count). The zero-order valence-corrected chi connectivity index (χ0v) is 21.9. The average molecular weight is 513 g/mol. The number of aromatic nitrogens is 1. The van der Waals surface area contributed by atoms with Gasteiger partial charge >= 0.3 is 0 Å². The van der Waals surface area contributed by atoms with Crippen molar-refractivity contribution in [2.24, 2.45) is 11.8 Å². The number of carbonyl (C=O) groups excluding carboxylic acids is 3. The van der Waals surface area contributed by atoms with E-state index >= 15 is 0 Å². The maximum absolute atomic E-state index is 13.5. The van der Waals surface area contributed by atoms with Crippen molar-refractivity contribution in [3.63, 3.8) is 0 Å². The lowest BCUT2D eigenvalue weighted by atomic mass is 9.99. The molecule has 1 fully saturated rings. The van der Waals surface area contributed by atoms with Crippen LogP contribution in [0.5, 0.6) is 5.75 Å². The zero-order chi connectivity index (χ0) is 26.5. The van der Waals surface area contributed by atoms with Crippen molar-refractivity contribution in [2.45, 2.75) is 51.7 Å². The van der Waals surface area contributed by atoms with Gasteiger partial charge in [0.2, 0.25) is 11.7 Å². The van der Waals surface area contributed by atoms with Crippen LogP contribution in [0.4, 0.5) is 5.69 Å². The number of likely N-dealkylation sites (N-methyl/N-ethyl adjacent to an activating group) is 1. The molecule has 0 saturated heterocycles. The number of nitrogens with zero attached hydrogens (tertiary/aromatic N) is 3. The average Bonchev–Trinajstić information content (AvgIpc) is 3.62. The number of hydrogen-bond acceptors (Lipinski definition) is 7. The van der Waals surface area contributed by atoms with Crippen LogP contribution in [-0.2, 0) is 9.53 Å². The summed E-state index contributed by atoms with van der Waals surface area (Å²) in [6.45, 7) is 5.10. The first-order chi connectivity index (χ1) is 17.8. The predicted molar refractivity (Wildman–Crippen MR) is 136 cm³/mol. The number of ether oxygens (including phenoxy) is 2. The first kappa shape index (κ1) is 26.7. The largest absolute Gasteiger partial charge is 0.491 e. The van der Waals surface area contributed by atoms with Gasteiger partial charge in [0.25, 0.3) is 11.8 Å². The van der Waals surface area contributed by atoms with Crippen LogP contribution in [0.1, 0.15) is 60.4 Å². The van der Waals surface area contributed by atoms with E-state index in [4.69, 9.17) is 14.0 Å². The van der Waals surface area contributed by atoms with Gasteiger partial charge in [-0.25, -0.2) is 0 Å². The molecule has 0 bridgehead atoms. The Morgan fingerprint density at radius 3 is 2.57 bits per heavy atom. The highest BCUT2D eigenvalue weighted by Crippen LogP contribution is 2.30. The van der Waals surface area contributed by atoms with E-state index in [0.29, 0.717) is 30.1 Å². The summed E-state index contributed by atoms with van der Waals surface area (Å²) in [6, 6.07) is 6.13. The Hall–Kier alpha value is -3.40. The lowest BCUT2D eigenvalue weighted by molar-refractivity contribution is -0.139. The molecule has 37 heavy (non-hydrogen) atoms. The zero-order valence-electron chi connectivity index (χ0n) is 21.9. The second kappa shape index (κ2) is 11.8. The number of anilines is 1. The predicted octanol–water partition coefficient (Wildman–Crippen LogP) is 3.45. The highest BCUT2D eigenvalue weighted by atomic mass is 16.5. The molecule has 1 aromatic carbocycles. The van der Waals surface area contributed by atoms with Gasteiger partial charge in [-0.1, -0.05) is 24.9 Å². The molecule has 2 aliphatic rings. The van der Waals surface area contributed by atoms with Crippen molar-refractivity contribution in [2.75, 3.05) is 39.2 Å². The Balaban J connectivity index is 1.63. The maximum atomic E-state index is 13.5. The van der Waals surface area contributed by atoms with E-state index in [1.807, 2.05) is 11.8 Å². The van der Waals surface area contributed by atoms with E-state index in [1.54, 1.807) is 37.3 Å². The van der Waals surface area contributed by atoms with Crippen molar-refractivity contribution >= 4 is 23.4 Å². The Morgan fingerprint density at radius 1 is 1.14 bits per heavy atom. The minimum absolute atomic E-state index is 0.0145. The Bertz CT molecular complexity index is 1100. The monoisotopic (exact) mass is 512 g/mol. The highest BCUT2D eigenvalue weighted by molar-refractivity contribution is 6.03. The summed E-state index contributed by atoms with van der Waals surface area (Å²) in [5.74, 6) is -0.0744. The van der Waals surface area contributed by atoms with Crippen LogP contribution in [0, 0.1) is 11.8 Å². The topological polar surface area (TPSA) is 114 Å². The Labute approximate surface area is 217 Å². The molecule has 1 aromatic heterocycles. The number of carbonyl (C=O) groups is 3. The maximum Gasteiger partial charge on any atom is 0.294 e. The van der Waals surface area contributed by atoms with E-state index in [0.717, 1.165) is 25.7 Å². The molecular formula is C27H36N4O6. The van der Waals surface area contributed by atoms with Crippen molar-refractivity contribution < 1.29 is 28.4 Å². The second-order valence-corrected chi connectivity index (χ2v) is 10.1. The van der Waals surface area contributed by atoms with Crippen LogP contribution >= 0.6 is 0 Å². The van der Waals surface area contributed by atoms with Gasteiger partial charge in [-0.15, -0.1) is 0 Å². The molecule has 0 unspecified atom stereocenters. The van der Waals surface area contributed by atoms with Gasteiger partial charge in [0.05, 0.1) is 23.9 Å². The second-order valence-electron chi connectivity index (χ2n) is 10.1. The molecule has 0 radical (unpaired) electrons. The fraction of sp³-hybridized carbons (Fsp3) is 0.556. The molecule has 1 saturated carbocycles. The molecule has 3 amide bonds. The Kier molecular flexibility index (Phi) is 8.48. The fourth-order valence-electron chi connectivity index (χ4n) is 5.09. The molecule has 0 spiro atoms. The van der Waals surface area contributed by atoms with Crippen LogP contribution in [0.2, 0.25) is 0 Å². The van der Waals surface area contributed by atoms with Crippen molar-refractivity contribution in [1.82, 2.24) is 15.0 Å². The quantitative estimate of drug-likeness (QED) is 0.667. The van der Waals surface area contributed by atoms with Gasteiger partial charge in [0.1, 0.15) is 12.4 Å². The number of fused-ring (bicyclic) bond motifs is 1. The van der Waals surface area contributed by atoms with Crippen LogP contribution in [0.25, 0.3) is 0 Å². The first-order valence-electron chi connectivity index (χ1n) is 12.9. The molecule has 2 heterocycles. The van der Waals surface area contributed by atoms with Crippen molar-refractivity contribution in [3.05, 3.63) is 41.8 Å². The van der Waals surface area contributed by atoms with E-state index in [-0.39, 0.29) is 48.2 Å². The van der Waals surface area contributed by atoms with Gasteiger partial charge in [0, 0.05) is 56.9 Å². The molecule has 3 atom stereocenters. The van der Waals surface area contributed by atoms with Gasteiger partial charge in [-0.2, -0.15) is 0 Å². The number of nitrogens with one attached hydrogen (secondary N) is 1. The van der Waals surface area contributed by atoms with Gasteiger partial charge in [-0.05, 0) is 31.9 Å². The first-order valence-corrected chi connectivity index (χ1v) is 12.9. The summed E-state index contributed by atoms with van der Waals surface area (Å²) in [4.78, 5) is 42.9. The van der Waals surface area contributed by atoms with Gasteiger partial charge in [-0.3, -0.25) is 14.4 Å². The summed E-state index contributed by atoms with van der Waals surface area (Å²) in [5.41, 5.74) is 0.807. The van der Waals surface area contributed by atoms with Crippen LogP contribution in [0.3, 0.4) is 0 Å². The Morgan fingerprint density at radius 2 is 1.89 bits per heavy atom. The van der Waals surface area contributed by atoms with E-state index in [1.165, 1.54) is 12.3 Å². The third kappa shape index (κ3) is 6.12. The smallest absolute Gasteiger partial charge is 0.294 e. The number of benzene rings is 1. The fourth-order valence-corrected chi connectivity index (χ4v) is 5.09. The van der Waals surface area contributed by atoms with Crippen molar-refractivity contribution in [1.29, 1.82) is 0 Å². The van der Waals surface area contributed by atoms with Gasteiger partial charge in [0.15, 0.2) is 0 Å². The summed E-state index contributed by atoms with van der Waals surface area (Å²) in [6.07, 6.45) is 5.13. The standard InChI is InChI=1S/C27H36N4O6/c1-17-14-31(26(33)19-7-5-6-8-19)18(2)16-36-23-13-20(29-25(32)22-11-12-28-37-22)9-10-21(23)27(34)30(3)15-24(17)35-4/h9-13,17-19,24H,5-8,14-16H2,1-4H3,(H,29,32)/t17-,18-,24-/m1/s1. The molecule has 1 aliphatic heterocycles. The lowest BCUT2D eigenvalue weighted by Crippen LogP contribution is -2.50. The molecular weight excluding hydrogens is 476 g/mol. The normalized spacial score (nSPS) is 23.6. The molecule has 1 aliphatic carbocycles. The van der Waals surface area contributed by atoms with Crippen LogP contribution < -0.4 is 10.1 Å². The third-order valence-corrected chi connectivity index (χ3v) is 7.35. The number of rotatable bonds is 4. The van der Waals surface area contributed by atoms with E-state index in [2.05, 4.69) is 17.4 Å². The summed E-state index contributed by atoms with van der Waals surface area (Å²) >= 11 is 0. The van der Waals surface area contributed by atoms with Crippen LogP contribution in [-0.4, -0.2) is 78.7 Å².